The molecule has 0 spiro atoms. The average Bonchev–Trinajstić information content (AvgIpc) is 3.00. The van der Waals surface area contributed by atoms with Gasteiger partial charge in [0.25, 0.3) is 0 Å². The molecular formula is C20H32ClNO2S. The van der Waals surface area contributed by atoms with Gasteiger partial charge in [0.15, 0.2) is 0 Å². The third-order valence-corrected chi connectivity index (χ3v) is 6.33. The number of likely N-dealkylation sites (tertiary alicyclic amines) is 1. The summed E-state index contributed by atoms with van der Waals surface area (Å²) < 4.78 is 5.75. The zero-order chi connectivity index (χ0) is 16.6. The largest absolute Gasteiger partial charge is 0.464 e. The first-order valence-electron chi connectivity index (χ1n) is 9.75. The fourth-order valence-corrected chi connectivity index (χ4v) is 4.94. The van der Waals surface area contributed by atoms with Gasteiger partial charge in [0.1, 0.15) is 6.61 Å². The molecular weight excluding hydrogens is 354 g/mol. The van der Waals surface area contributed by atoms with E-state index in [-0.39, 0.29) is 24.3 Å². The van der Waals surface area contributed by atoms with Crippen molar-refractivity contribution in [2.24, 2.45) is 5.92 Å². The number of hydrogen-bond donors (Lipinski definition) is 0. The van der Waals surface area contributed by atoms with Crippen molar-refractivity contribution in [1.82, 2.24) is 4.90 Å². The lowest BCUT2D eigenvalue weighted by atomic mass is 9.77. The van der Waals surface area contributed by atoms with Crippen molar-refractivity contribution in [3.05, 3.63) is 22.4 Å². The molecule has 0 amide bonds. The van der Waals surface area contributed by atoms with Crippen LogP contribution < -0.4 is 0 Å². The molecule has 1 saturated carbocycles. The Balaban J connectivity index is 0.00000225. The van der Waals surface area contributed by atoms with Crippen LogP contribution in [-0.4, -0.2) is 37.1 Å². The molecule has 3 nitrogen and oxygen atoms in total. The second-order valence-corrected chi connectivity index (χ2v) is 8.14. The summed E-state index contributed by atoms with van der Waals surface area (Å²) in [6.45, 7) is 3.77. The lowest BCUT2D eigenvalue weighted by molar-refractivity contribution is -0.147. The molecule has 0 N–H and O–H groups in total. The van der Waals surface area contributed by atoms with Gasteiger partial charge in [-0.05, 0) is 67.1 Å². The van der Waals surface area contributed by atoms with E-state index in [1.807, 2.05) is 0 Å². The molecule has 0 radical (unpaired) electrons. The molecule has 2 heterocycles. The van der Waals surface area contributed by atoms with Gasteiger partial charge < -0.3 is 4.74 Å². The quantitative estimate of drug-likeness (QED) is 0.626. The lowest BCUT2D eigenvalue weighted by Crippen LogP contribution is -2.31. The van der Waals surface area contributed by atoms with Gasteiger partial charge >= 0.3 is 5.97 Å². The number of thiophene rings is 1. The van der Waals surface area contributed by atoms with Crippen LogP contribution in [-0.2, 0) is 9.53 Å². The molecule has 142 valence electrons. The van der Waals surface area contributed by atoms with E-state index in [9.17, 15) is 4.79 Å². The Kier molecular flexibility index (Phi) is 9.29. The average molecular weight is 386 g/mol. The van der Waals surface area contributed by atoms with Crippen LogP contribution in [0, 0.1) is 5.92 Å². The summed E-state index contributed by atoms with van der Waals surface area (Å²) in [5.41, 5.74) is 1.17. The minimum atomic E-state index is -0.0410. The van der Waals surface area contributed by atoms with E-state index in [2.05, 4.69) is 21.7 Å². The summed E-state index contributed by atoms with van der Waals surface area (Å²) in [5.74, 6) is 0.440. The summed E-state index contributed by atoms with van der Waals surface area (Å²) in [6, 6.07) is 2.11. The van der Waals surface area contributed by atoms with Gasteiger partial charge in [-0.3, -0.25) is 9.69 Å². The lowest BCUT2D eigenvalue weighted by Gasteiger charge is -2.29. The third-order valence-electron chi connectivity index (χ3n) is 5.63. The fourth-order valence-electron chi connectivity index (χ4n) is 4.25. The highest BCUT2D eigenvalue weighted by Gasteiger charge is 2.32. The molecule has 1 aliphatic carbocycles. The molecule has 0 unspecified atom stereocenters. The number of carbonyl (C=O) groups excluding carboxylic acids is 1. The van der Waals surface area contributed by atoms with Crippen LogP contribution in [0.1, 0.15) is 69.3 Å². The van der Waals surface area contributed by atoms with E-state index in [0.717, 1.165) is 19.6 Å². The predicted octanol–water partition coefficient (Wildman–Crippen LogP) is 5.25. The summed E-state index contributed by atoms with van der Waals surface area (Å²) in [7, 11) is 0. The maximum Gasteiger partial charge on any atom is 0.313 e. The number of esters is 1. The topological polar surface area (TPSA) is 29.5 Å². The monoisotopic (exact) mass is 385 g/mol. The fraction of sp³-hybridized carbons (Fsp3) is 0.750. The standard InChI is InChI=1S/C20H31NO2S.ClH/c22-20(23-14-13-21-11-6-1-2-7-12-21)19(18-10-15-24-16-18)17-8-4-3-5-9-17;/h10,15-17,19H,1-9,11-14H2;1H/t19-;/m1./s1. The number of halogens is 1. The Morgan fingerprint density at radius 3 is 2.44 bits per heavy atom. The molecule has 1 saturated heterocycles. The number of hydrogen-bond acceptors (Lipinski definition) is 4. The van der Waals surface area contributed by atoms with Gasteiger partial charge in [0.05, 0.1) is 5.92 Å². The number of nitrogens with zero attached hydrogens (tertiary/aromatic N) is 1. The van der Waals surface area contributed by atoms with E-state index in [4.69, 9.17) is 4.74 Å². The zero-order valence-electron chi connectivity index (χ0n) is 15.2. The Bertz CT molecular complexity index is 480. The first kappa shape index (κ1) is 20.7. The van der Waals surface area contributed by atoms with Gasteiger partial charge in [0, 0.05) is 6.54 Å². The van der Waals surface area contributed by atoms with Crippen LogP contribution >= 0.6 is 23.7 Å². The van der Waals surface area contributed by atoms with E-state index in [1.165, 1.54) is 63.4 Å². The maximum absolute atomic E-state index is 12.8. The normalized spacial score (nSPS) is 21.1. The molecule has 2 fully saturated rings. The molecule has 5 heteroatoms. The molecule has 0 aromatic carbocycles. The van der Waals surface area contributed by atoms with E-state index >= 15 is 0 Å². The maximum atomic E-state index is 12.8. The van der Waals surface area contributed by atoms with E-state index < -0.39 is 0 Å². The van der Waals surface area contributed by atoms with Gasteiger partial charge in [-0.15, -0.1) is 12.4 Å². The summed E-state index contributed by atoms with van der Waals surface area (Å²) in [5, 5.41) is 4.21. The number of rotatable bonds is 6. The van der Waals surface area contributed by atoms with Gasteiger partial charge in [-0.2, -0.15) is 11.3 Å². The molecule has 0 bridgehead atoms. The van der Waals surface area contributed by atoms with Gasteiger partial charge in [-0.1, -0.05) is 32.1 Å². The van der Waals surface area contributed by atoms with Crippen LogP contribution in [0.4, 0.5) is 0 Å². The van der Waals surface area contributed by atoms with Crippen LogP contribution in [0.5, 0.6) is 0 Å². The molecule has 1 aromatic heterocycles. The third kappa shape index (κ3) is 6.26. The highest BCUT2D eigenvalue weighted by Crippen LogP contribution is 2.37. The Hall–Kier alpha value is -0.580. The van der Waals surface area contributed by atoms with Crippen molar-refractivity contribution in [2.45, 2.75) is 63.7 Å². The van der Waals surface area contributed by atoms with E-state index in [0.29, 0.717) is 12.5 Å². The highest BCUT2D eigenvalue weighted by molar-refractivity contribution is 7.08. The molecule has 3 rings (SSSR count). The minimum Gasteiger partial charge on any atom is -0.464 e. The Labute approximate surface area is 162 Å². The molecule has 1 aromatic rings. The van der Waals surface area contributed by atoms with Gasteiger partial charge in [-0.25, -0.2) is 0 Å². The summed E-state index contributed by atoms with van der Waals surface area (Å²) in [4.78, 5) is 15.3. The van der Waals surface area contributed by atoms with Crippen molar-refractivity contribution >= 4 is 29.7 Å². The zero-order valence-corrected chi connectivity index (χ0v) is 16.8. The van der Waals surface area contributed by atoms with Crippen LogP contribution in [0.3, 0.4) is 0 Å². The second kappa shape index (κ2) is 11.2. The SMILES string of the molecule is Cl.O=C(OCCN1CCCCCC1)[C@@H](c1ccsc1)C1CCCCC1. The van der Waals surface area contributed by atoms with Crippen molar-refractivity contribution in [1.29, 1.82) is 0 Å². The van der Waals surface area contributed by atoms with Gasteiger partial charge in [0.2, 0.25) is 0 Å². The Morgan fingerprint density at radius 1 is 1.12 bits per heavy atom. The van der Waals surface area contributed by atoms with E-state index in [1.54, 1.807) is 11.3 Å². The molecule has 1 atom stereocenters. The van der Waals surface area contributed by atoms with Crippen molar-refractivity contribution in [2.75, 3.05) is 26.2 Å². The minimum absolute atomic E-state index is 0. The van der Waals surface area contributed by atoms with Crippen LogP contribution in [0.15, 0.2) is 16.8 Å². The highest BCUT2D eigenvalue weighted by atomic mass is 35.5. The van der Waals surface area contributed by atoms with Crippen LogP contribution in [0.25, 0.3) is 0 Å². The van der Waals surface area contributed by atoms with Crippen molar-refractivity contribution in [3.63, 3.8) is 0 Å². The Morgan fingerprint density at radius 2 is 1.80 bits per heavy atom. The molecule has 1 aliphatic heterocycles. The first-order chi connectivity index (χ1) is 11.8. The van der Waals surface area contributed by atoms with Crippen molar-refractivity contribution < 1.29 is 9.53 Å². The molecule has 25 heavy (non-hydrogen) atoms. The van der Waals surface area contributed by atoms with Crippen molar-refractivity contribution in [3.8, 4) is 0 Å². The smallest absolute Gasteiger partial charge is 0.313 e. The van der Waals surface area contributed by atoms with Crippen LogP contribution in [0.2, 0.25) is 0 Å². The molecule has 2 aliphatic rings. The first-order valence-corrected chi connectivity index (χ1v) is 10.7. The second-order valence-electron chi connectivity index (χ2n) is 7.36. The summed E-state index contributed by atoms with van der Waals surface area (Å²) in [6.07, 6.45) is 11.4. The number of ether oxygens (including phenoxy) is 1. The summed E-state index contributed by atoms with van der Waals surface area (Å²) >= 11 is 1.68. The predicted molar refractivity (Wildman–Crippen MR) is 107 cm³/mol. The number of carbonyl (C=O) groups is 1.